The summed E-state index contributed by atoms with van der Waals surface area (Å²) in [7, 11) is 0. The maximum absolute atomic E-state index is 14.0. The molecule has 11 heteroatoms. The maximum Gasteiger partial charge on any atom is 0.276 e. The van der Waals surface area contributed by atoms with Crippen LogP contribution in [-0.2, 0) is 4.79 Å². The predicted molar refractivity (Wildman–Crippen MR) is 137 cm³/mol. The number of carbonyl (C=O) groups excluding carboxylic acids is 2. The van der Waals surface area contributed by atoms with Gasteiger partial charge in [-0.1, -0.05) is 0 Å². The summed E-state index contributed by atoms with van der Waals surface area (Å²) in [5.74, 6) is 0.116. The van der Waals surface area contributed by atoms with Crippen LogP contribution in [0.2, 0.25) is 0 Å². The number of anilines is 3. The Labute approximate surface area is 213 Å². The van der Waals surface area contributed by atoms with E-state index in [0.717, 1.165) is 63.3 Å². The molecule has 4 N–H and O–H groups in total. The summed E-state index contributed by atoms with van der Waals surface area (Å²) in [6, 6.07) is 4.37. The highest BCUT2D eigenvalue weighted by Gasteiger charge is 2.28. The number of fused-ring (bicyclic) bond motifs is 1. The predicted octanol–water partition coefficient (Wildman–Crippen LogP) is 3.73. The minimum Gasteiger partial charge on any atom is -0.379 e. The molecule has 2 amide bonds. The maximum atomic E-state index is 14.0. The number of carbonyl (C=O) groups is 2. The molecule has 37 heavy (non-hydrogen) atoms. The number of pyridine rings is 1. The van der Waals surface area contributed by atoms with E-state index in [4.69, 9.17) is 0 Å². The van der Waals surface area contributed by atoms with Crippen molar-refractivity contribution in [2.45, 2.75) is 75.9 Å². The number of rotatable bonds is 9. The first kappa shape index (κ1) is 23.6. The molecule has 10 nitrogen and oxygen atoms in total. The summed E-state index contributed by atoms with van der Waals surface area (Å²) in [6.45, 7) is 0. The van der Waals surface area contributed by atoms with Gasteiger partial charge in [0.15, 0.2) is 17.2 Å². The van der Waals surface area contributed by atoms with Gasteiger partial charge in [0.05, 0.1) is 23.8 Å². The molecule has 0 aliphatic heterocycles. The SMILES string of the molecule is O=C(CC1CCC(Nc2cc(NC3CC3)c3ncc(C(=O)Nc4ccncc4F)n3n2)CC1)NC1CC1. The molecule has 3 fully saturated rings. The highest BCUT2D eigenvalue weighted by Crippen LogP contribution is 2.32. The number of hydrogen-bond donors (Lipinski definition) is 4. The minimum atomic E-state index is -0.614. The molecular formula is C26H31FN8O2. The van der Waals surface area contributed by atoms with Crippen LogP contribution in [0.15, 0.2) is 30.7 Å². The summed E-state index contributed by atoms with van der Waals surface area (Å²) in [4.78, 5) is 33.3. The largest absolute Gasteiger partial charge is 0.379 e. The molecule has 0 unspecified atom stereocenters. The first-order valence-electron chi connectivity index (χ1n) is 13.1. The molecule has 3 heterocycles. The number of aromatic nitrogens is 4. The van der Waals surface area contributed by atoms with E-state index in [1.54, 1.807) is 0 Å². The zero-order valence-corrected chi connectivity index (χ0v) is 20.5. The van der Waals surface area contributed by atoms with Crippen LogP contribution in [0.3, 0.4) is 0 Å². The average molecular weight is 507 g/mol. The van der Waals surface area contributed by atoms with Crippen molar-refractivity contribution in [2.75, 3.05) is 16.0 Å². The van der Waals surface area contributed by atoms with Crippen LogP contribution in [0, 0.1) is 11.7 Å². The summed E-state index contributed by atoms with van der Waals surface area (Å²) in [6.07, 6.45) is 12.8. The van der Waals surface area contributed by atoms with Gasteiger partial charge in [-0.15, -0.1) is 5.10 Å². The molecule has 3 aromatic heterocycles. The molecule has 0 aromatic carbocycles. The highest BCUT2D eigenvalue weighted by molar-refractivity contribution is 6.03. The second-order valence-corrected chi connectivity index (χ2v) is 10.5. The lowest BCUT2D eigenvalue weighted by Crippen LogP contribution is -2.31. The Morgan fingerprint density at radius 3 is 2.41 bits per heavy atom. The van der Waals surface area contributed by atoms with Crippen LogP contribution < -0.4 is 21.3 Å². The molecule has 0 atom stereocenters. The Bertz CT molecular complexity index is 1310. The van der Waals surface area contributed by atoms with Gasteiger partial charge in [-0.05, 0) is 63.4 Å². The summed E-state index contributed by atoms with van der Waals surface area (Å²) >= 11 is 0. The third-order valence-corrected chi connectivity index (χ3v) is 7.27. The third kappa shape index (κ3) is 5.65. The number of nitrogens with one attached hydrogen (secondary N) is 4. The van der Waals surface area contributed by atoms with Gasteiger partial charge < -0.3 is 21.3 Å². The lowest BCUT2D eigenvalue weighted by Gasteiger charge is -2.29. The molecule has 3 aliphatic carbocycles. The zero-order valence-electron chi connectivity index (χ0n) is 20.5. The number of nitrogens with zero attached hydrogens (tertiary/aromatic N) is 4. The quantitative estimate of drug-likeness (QED) is 0.348. The first-order valence-corrected chi connectivity index (χ1v) is 13.1. The Hall–Kier alpha value is -3.76. The van der Waals surface area contributed by atoms with Crippen LogP contribution in [0.4, 0.5) is 21.6 Å². The molecule has 3 aliphatic rings. The van der Waals surface area contributed by atoms with Crippen molar-refractivity contribution in [2.24, 2.45) is 5.92 Å². The summed E-state index contributed by atoms with van der Waals surface area (Å²) in [5, 5.41) is 17.4. The molecule has 3 aromatic rings. The molecule has 0 bridgehead atoms. The number of imidazole rings is 1. The van der Waals surface area contributed by atoms with Crippen molar-refractivity contribution in [3.63, 3.8) is 0 Å². The fraction of sp³-hybridized carbons (Fsp3) is 0.500. The second kappa shape index (κ2) is 9.95. The number of hydrogen-bond acceptors (Lipinski definition) is 7. The monoisotopic (exact) mass is 506 g/mol. The first-order chi connectivity index (χ1) is 18.0. The molecule has 0 radical (unpaired) electrons. The van der Waals surface area contributed by atoms with Gasteiger partial charge in [-0.25, -0.2) is 13.9 Å². The van der Waals surface area contributed by atoms with Gasteiger partial charge in [-0.2, -0.15) is 0 Å². The Balaban J connectivity index is 1.17. The van der Waals surface area contributed by atoms with Gasteiger partial charge in [0.2, 0.25) is 5.91 Å². The second-order valence-electron chi connectivity index (χ2n) is 10.5. The molecule has 6 rings (SSSR count). The number of amides is 2. The summed E-state index contributed by atoms with van der Waals surface area (Å²) < 4.78 is 15.6. The van der Waals surface area contributed by atoms with E-state index in [9.17, 15) is 14.0 Å². The molecule has 0 saturated heterocycles. The van der Waals surface area contributed by atoms with Gasteiger partial charge in [0, 0.05) is 36.8 Å². The van der Waals surface area contributed by atoms with E-state index in [0.29, 0.717) is 35.9 Å². The van der Waals surface area contributed by atoms with Crippen LogP contribution in [-0.4, -0.2) is 49.5 Å². The van der Waals surface area contributed by atoms with Crippen LogP contribution in [0.25, 0.3) is 5.65 Å². The zero-order chi connectivity index (χ0) is 25.4. The van der Waals surface area contributed by atoms with E-state index < -0.39 is 11.7 Å². The van der Waals surface area contributed by atoms with Crippen LogP contribution >= 0.6 is 0 Å². The smallest absolute Gasteiger partial charge is 0.276 e. The fourth-order valence-corrected chi connectivity index (χ4v) is 4.91. The Kier molecular flexibility index (Phi) is 6.35. The van der Waals surface area contributed by atoms with Gasteiger partial charge >= 0.3 is 0 Å². The van der Waals surface area contributed by atoms with Crippen molar-refractivity contribution in [1.29, 1.82) is 0 Å². The topological polar surface area (TPSA) is 125 Å². The van der Waals surface area contributed by atoms with Crippen molar-refractivity contribution in [1.82, 2.24) is 24.9 Å². The molecular weight excluding hydrogens is 475 g/mol. The summed E-state index contributed by atoms with van der Waals surface area (Å²) in [5.41, 5.74) is 1.60. The van der Waals surface area contributed by atoms with E-state index in [1.807, 2.05) is 6.07 Å². The van der Waals surface area contributed by atoms with Gasteiger partial charge in [0.25, 0.3) is 5.91 Å². The third-order valence-electron chi connectivity index (χ3n) is 7.27. The van der Waals surface area contributed by atoms with E-state index in [2.05, 4.69) is 36.3 Å². The normalized spacial score (nSPS) is 21.4. The van der Waals surface area contributed by atoms with Gasteiger partial charge in [0.1, 0.15) is 5.82 Å². The molecule has 0 spiro atoms. The van der Waals surface area contributed by atoms with Crippen molar-refractivity contribution >= 4 is 34.7 Å². The Morgan fingerprint density at radius 1 is 0.946 bits per heavy atom. The van der Waals surface area contributed by atoms with Crippen molar-refractivity contribution < 1.29 is 14.0 Å². The van der Waals surface area contributed by atoms with E-state index >= 15 is 0 Å². The fourth-order valence-electron chi connectivity index (χ4n) is 4.91. The van der Waals surface area contributed by atoms with Crippen LogP contribution in [0.5, 0.6) is 0 Å². The van der Waals surface area contributed by atoms with Crippen molar-refractivity contribution in [3.05, 3.63) is 42.2 Å². The molecule has 194 valence electrons. The number of halogens is 1. The lowest BCUT2D eigenvalue weighted by molar-refractivity contribution is -0.122. The minimum absolute atomic E-state index is 0.0446. The van der Waals surface area contributed by atoms with Crippen LogP contribution in [0.1, 0.15) is 68.3 Å². The van der Waals surface area contributed by atoms with Crippen molar-refractivity contribution in [3.8, 4) is 0 Å². The molecule has 3 saturated carbocycles. The van der Waals surface area contributed by atoms with E-state index in [1.165, 1.54) is 23.0 Å². The standard InChI is InChI=1S/C26H31FN8O2/c27-19-13-28-10-9-20(19)33-26(37)22-14-29-25-21(30-16-5-6-16)12-23(34-35(22)25)31-17-3-1-15(2-4-17)11-24(36)32-18-7-8-18/h9-10,12-18,30H,1-8,11H2,(H,31,34)(H,32,36)(H,28,33,37). The van der Waals surface area contributed by atoms with E-state index in [-0.39, 0.29) is 23.3 Å². The lowest BCUT2D eigenvalue weighted by atomic mass is 9.84. The van der Waals surface area contributed by atoms with Gasteiger partial charge in [-0.3, -0.25) is 14.6 Å². The highest BCUT2D eigenvalue weighted by atomic mass is 19.1. The average Bonchev–Trinajstić information content (AvgIpc) is 3.81. The Morgan fingerprint density at radius 2 is 1.68 bits per heavy atom.